The lowest BCUT2D eigenvalue weighted by molar-refractivity contribution is -0.120. The van der Waals surface area contributed by atoms with Gasteiger partial charge >= 0.3 is 0 Å². The summed E-state index contributed by atoms with van der Waals surface area (Å²) in [6, 6.07) is 6.61. The third kappa shape index (κ3) is 3.15. The molecule has 0 heterocycles. The number of rotatable bonds is 5. The molecule has 0 saturated heterocycles. The molecule has 1 aliphatic carbocycles. The predicted octanol–water partition coefficient (Wildman–Crippen LogP) is 3.13. The third-order valence-electron chi connectivity index (χ3n) is 2.81. The van der Waals surface area contributed by atoms with Crippen LogP contribution in [0.15, 0.2) is 24.3 Å². The summed E-state index contributed by atoms with van der Waals surface area (Å²) in [7, 11) is 0. The number of carbonyl (C=O) groups is 1. The number of aryl methyl sites for hydroxylation is 1. The van der Waals surface area contributed by atoms with Gasteiger partial charge in [-0.15, -0.1) is 0 Å². The first-order valence-electron chi connectivity index (χ1n) is 5.53. The highest BCUT2D eigenvalue weighted by molar-refractivity contribution is 5.83. The van der Waals surface area contributed by atoms with Gasteiger partial charge in [0.2, 0.25) is 0 Å². The fourth-order valence-corrected chi connectivity index (χ4v) is 1.77. The summed E-state index contributed by atoms with van der Waals surface area (Å²) in [5.41, 5.74) is 0.985. The third-order valence-corrected chi connectivity index (χ3v) is 2.81. The summed E-state index contributed by atoms with van der Waals surface area (Å²) < 4.78 is 12.8. The molecular formula is C13H15FO. The molecule has 1 aromatic rings. The van der Waals surface area contributed by atoms with Crippen molar-refractivity contribution < 1.29 is 9.18 Å². The molecule has 0 unspecified atom stereocenters. The van der Waals surface area contributed by atoms with E-state index in [4.69, 9.17) is 0 Å². The average molecular weight is 206 g/mol. The maximum Gasteiger partial charge on any atom is 0.135 e. The van der Waals surface area contributed by atoms with Crippen molar-refractivity contribution in [2.45, 2.75) is 32.1 Å². The van der Waals surface area contributed by atoms with Crippen molar-refractivity contribution in [1.82, 2.24) is 0 Å². The van der Waals surface area contributed by atoms with E-state index in [9.17, 15) is 9.18 Å². The Morgan fingerprint density at radius 1 is 1.40 bits per heavy atom. The molecule has 0 N–H and O–H groups in total. The minimum Gasteiger partial charge on any atom is -0.299 e. The Labute approximate surface area is 89.3 Å². The van der Waals surface area contributed by atoms with Gasteiger partial charge in [0.15, 0.2) is 0 Å². The lowest BCUT2D eigenvalue weighted by atomic mass is 10.0. The van der Waals surface area contributed by atoms with Crippen molar-refractivity contribution in [3.8, 4) is 0 Å². The van der Waals surface area contributed by atoms with Crippen LogP contribution >= 0.6 is 0 Å². The van der Waals surface area contributed by atoms with Crippen molar-refractivity contribution >= 4 is 5.78 Å². The second-order valence-electron chi connectivity index (χ2n) is 4.22. The molecule has 1 aromatic carbocycles. The highest BCUT2D eigenvalue weighted by atomic mass is 19.1. The molecule has 0 aliphatic heterocycles. The van der Waals surface area contributed by atoms with Gasteiger partial charge in [-0.05, 0) is 43.4 Å². The molecule has 0 spiro atoms. The lowest BCUT2D eigenvalue weighted by Crippen LogP contribution is -2.00. The van der Waals surface area contributed by atoms with E-state index in [1.54, 1.807) is 12.1 Å². The first-order valence-corrected chi connectivity index (χ1v) is 5.53. The van der Waals surface area contributed by atoms with Crippen molar-refractivity contribution in [2.24, 2.45) is 5.92 Å². The topological polar surface area (TPSA) is 17.1 Å². The summed E-state index contributed by atoms with van der Waals surface area (Å²) in [6.45, 7) is 0. The quantitative estimate of drug-likeness (QED) is 0.723. The van der Waals surface area contributed by atoms with Crippen LogP contribution in [-0.4, -0.2) is 5.78 Å². The maximum absolute atomic E-state index is 12.8. The Balaban J connectivity index is 1.75. The average Bonchev–Trinajstić information content (AvgIpc) is 3.00. The molecule has 1 saturated carbocycles. The molecule has 1 fully saturated rings. The van der Waals surface area contributed by atoms with Gasteiger partial charge in [0.25, 0.3) is 0 Å². The minimum atomic E-state index is -0.194. The first kappa shape index (κ1) is 10.3. The summed E-state index contributed by atoms with van der Waals surface area (Å²) in [5.74, 6) is 0.560. The van der Waals surface area contributed by atoms with Crippen molar-refractivity contribution in [3.63, 3.8) is 0 Å². The number of ketones is 1. The lowest BCUT2D eigenvalue weighted by Gasteiger charge is -2.00. The van der Waals surface area contributed by atoms with Crippen LogP contribution in [0.5, 0.6) is 0 Å². The smallest absolute Gasteiger partial charge is 0.135 e. The molecule has 0 atom stereocenters. The summed E-state index contributed by atoms with van der Waals surface area (Å²) >= 11 is 0. The summed E-state index contributed by atoms with van der Waals surface area (Å²) in [6.07, 6.45) is 4.47. The number of hydrogen-bond acceptors (Lipinski definition) is 1. The molecule has 1 nitrogen and oxygen atoms in total. The van der Waals surface area contributed by atoms with Crippen LogP contribution in [0, 0.1) is 11.7 Å². The number of halogens is 1. The van der Waals surface area contributed by atoms with E-state index in [-0.39, 0.29) is 5.82 Å². The minimum absolute atomic E-state index is 0.194. The number of benzene rings is 1. The fraction of sp³-hybridized carbons (Fsp3) is 0.462. The van der Waals surface area contributed by atoms with E-state index >= 15 is 0 Å². The zero-order valence-corrected chi connectivity index (χ0v) is 8.71. The molecule has 15 heavy (non-hydrogen) atoms. The van der Waals surface area contributed by atoms with E-state index in [0.717, 1.165) is 31.2 Å². The van der Waals surface area contributed by atoms with Crippen LogP contribution in [-0.2, 0) is 11.2 Å². The van der Waals surface area contributed by atoms with Gasteiger partial charge in [-0.1, -0.05) is 12.1 Å². The van der Waals surface area contributed by atoms with Gasteiger partial charge in [0.1, 0.15) is 11.6 Å². The Kier molecular flexibility index (Phi) is 3.14. The molecule has 2 heteroatoms. The van der Waals surface area contributed by atoms with Crippen LogP contribution in [0.1, 0.15) is 31.2 Å². The predicted molar refractivity (Wildman–Crippen MR) is 57.1 cm³/mol. The molecule has 80 valence electrons. The van der Waals surface area contributed by atoms with Crippen LogP contribution in [0.2, 0.25) is 0 Å². The van der Waals surface area contributed by atoms with Gasteiger partial charge in [0, 0.05) is 12.3 Å². The van der Waals surface area contributed by atoms with Gasteiger partial charge in [-0.3, -0.25) is 4.79 Å². The van der Waals surface area contributed by atoms with Crippen molar-refractivity contribution in [2.75, 3.05) is 0 Å². The van der Waals surface area contributed by atoms with Crippen LogP contribution in [0.3, 0.4) is 0 Å². The zero-order chi connectivity index (χ0) is 10.7. The molecule has 0 aromatic heterocycles. The highest BCUT2D eigenvalue weighted by Gasteiger charge is 2.28. The van der Waals surface area contributed by atoms with Gasteiger partial charge < -0.3 is 0 Å². The summed E-state index contributed by atoms with van der Waals surface area (Å²) in [4.78, 5) is 11.4. The molecule has 0 amide bonds. The maximum atomic E-state index is 12.8. The van der Waals surface area contributed by atoms with E-state index in [0.29, 0.717) is 18.1 Å². The summed E-state index contributed by atoms with van der Waals surface area (Å²) in [5, 5.41) is 0. The number of carbonyl (C=O) groups excluding carboxylic acids is 1. The standard InChI is InChI=1S/C13H15FO/c14-12-5-1-3-10(9-12)4-2-6-13(15)11-7-8-11/h1,3,5,9,11H,2,4,6-8H2. The normalized spacial score (nSPS) is 15.3. The van der Waals surface area contributed by atoms with Crippen LogP contribution in [0.4, 0.5) is 4.39 Å². The second-order valence-corrected chi connectivity index (χ2v) is 4.22. The Bertz CT molecular complexity index is 355. The molecule has 0 bridgehead atoms. The van der Waals surface area contributed by atoms with Crippen LogP contribution < -0.4 is 0 Å². The van der Waals surface area contributed by atoms with Crippen LogP contribution in [0.25, 0.3) is 0 Å². The molecule has 1 aliphatic rings. The fourth-order valence-electron chi connectivity index (χ4n) is 1.77. The number of hydrogen-bond donors (Lipinski definition) is 0. The monoisotopic (exact) mass is 206 g/mol. The molecular weight excluding hydrogens is 191 g/mol. The van der Waals surface area contributed by atoms with Crippen molar-refractivity contribution in [3.05, 3.63) is 35.6 Å². The number of Topliss-reactive ketones (excluding diaryl/α,β-unsaturated/α-hetero) is 1. The van der Waals surface area contributed by atoms with E-state index in [1.165, 1.54) is 6.07 Å². The van der Waals surface area contributed by atoms with E-state index in [1.807, 2.05) is 6.07 Å². The highest BCUT2D eigenvalue weighted by Crippen LogP contribution is 2.31. The van der Waals surface area contributed by atoms with Crippen molar-refractivity contribution in [1.29, 1.82) is 0 Å². The SMILES string of the molecule is O=C(CCCc1cccc(F)c1)C1CC1. The van der Waals surface area contributed by atoms with Gasteiger partial charge in [-0.25, -0.2) is 4.39 Å². The van der Waals surface area contributed by atoms with Gasteiger partial charge in [0.05, 0.1) is 0 Å². The Hall–Kier alpha value is -1.18. The molecule has 2 rings (SSSR count). The zero-order valence-electron chi connectivity index (χ0n) is 8.71. The Morgan fingerprint density at radius 3 is 2.87 bits per heavy atom. The van der Waals surface area contributed by atoms with Gasteiger partial charge in [-0.2, -0.15) is 0 Å². The second kappa shape index (κ2) is 4.56. The Morgan fingerprint density at radius 2 is 2.20 bits per heavy atom. The largest absolute Gasteiger partial charge is 0.299 e. The first-order chi connectivity index (χ1) is 7.25. The molecule has 0 radical (unpaired) electrons. The van der Waals surface area contributed by atoms with E-state index in [2.05, 4.69) is 0 Å². The van der Waals surface area contributed by atoms with E-state index < -0.39 is 0 Å².